The van der Waals surface area contributed by atoms with E-state index in [1.807, 2.05) is 24.3 Å². The molecule has 0 fully saturated rings. The summed E-state index contributed by atoms with van der Waals surface area (Å²) in [5.41, 5.74) is 3.57. The molecule has 7 heteroatoms. The van der Waals surface area contributed by atoms with E-state index in [1.165, 1.54) is 12.3 Å². The molecule has 0 aliphatic carbocycles. The van der Waals surface area contributed by atoms with Gasteiger partial charge < -0.3 is 5.32 Å². The zero-order valence-corrected chi connectivity index (χ0v) is 14.3. The summed E-state index contributed by atoms with van der Waals surface area (Å²) in [6.45, 7) is -0.179. The maximum absolute atomic E-state index is 11.8. The molecule has 0 bridgehead atoms. The first-order valence-corrected chi connectivity index (χ1v) is 7.83. The van der Waals surface area contributed by atoms with E-state index in [9.17, 15) is 9.59 Å². The summed E-state index contributed by atoms with van der Waals surface area (Å²) in [6.07, 6.45) is 1.52. The number of amides is 2. The zero-order valence-electron chi connectivity index (χ0n) is 11.9. The van der Waals surface area contributed by atoms with E-state index in [4.69, 9.17) is 11.6 Å². The molecule has 0 radical (unpaired) electrons. The highest BCUT2D eigenvalue weighted by Gasteiger charge is 2.07. The molecule has 0 spiro atoms. The van der Waals surface area contributed by atoms with E-state index in [1.54, 1.807) is 18.2 Å². The average molecular weight is 395 g/mol. The summed E-state index contributed by atoms with van der Waals surface area (Å²) < 4.78 is 0.918. The zero-order chi connectivity index (χ0) is 16.7. The lowest BCUT2D eigenvalue weighted by Crippen LogP contribution is -2.34. The maximum atomic E-state index is 11.8. The maximum Gasteiger partial charge on any atom is 0.259 e. The minimum atomic E-state index is -0.424. The van der Waals surface area contributed by atoms with E-state index in [0.717, 1.165) is 10.0 Å². The molecule has 2 aromatic rings. The molecule has 23 heavy (non-hydrogen) atoms. The van der Waals surface area contributed by atoms with E-state index in [2.05, 4.69) is 31.8 Å². The first kappa shape index (κ1) is 17.2. The Balaban J connectivity index is 1.80. The lowest BCUT2D eigenvalue weighted by molar-refractivity contribution is -0.120. The number of hydrogen-bond acceptors (Lipinski definition) is 3. The van der Waals surface area contributed by atoms with Crippen LogP contribution < -0.4 is 10.7 Å². The predicted molar refractivity (Wildman–Crippen MR) is 93.7 cm³/mol. The molecule has 5 nitrogen and oxygen atoms in total. The van der Waals surface area contributed by atoms with Crippen molar-refractivity contribution in [2.45, 2.75) is 0 Å². The van der Waals surface area contributed by atoms with Crippen LogP contribution in [0.15, 0.2) is 58.1 Å². The van der Waals surface area contributed by atoms with Gasteiger partial charge >= 0.3 is 0 Å². The van der Waals surface area contributed by atoms with Gasteiger partial charge in [-0.3, -0.25) is 9.59 Å². The molecular weight excluding hydrogens is 382 g/mol. The van der Waals surface area contributed by atoms with Crippen LogP contribution in [0.1, 0.15) is 15.9 Å². The van der Waals surface area contributed by atoms with Gasteiger partial charge in [0.25, 0.3) is 11.8 Å². The molecule has 0 unspecified atom stereocenters. The van der Waals surface area contributed by atoms with Gasteiger partial charge in [-0.15, -0.1) is 0 Å². The molecule has 2 amide bonds. The standard InChI is InChI=1S/C16H13BrClN3O2/c17-13-5-1-3-11(7-13)9-20-21-15(22)10-19-16(23)12-4-2-6-14(18)8-12/h1-9H,10H2,(H,19,23)(H,21,22)/b20-9+. The number of halogens is 2. The minimum Gasteiger partial charge on any atom is -0.343 e. The lowest BCUT2D eigenvalue weighted by atomic mass is 10.2. The molecule has 2 N–H and O–H groups in total. The second-order valence-corrected chi connectivity index (χ2v) is 5.89. The van der Waals surface area contributed by atoms with Crippen molar-refractivity contribution < 1.29 is 9.59 Å². The second kappa shape index (κ2) is 8.45. The van der Waals surface area contributed by atoms with Crippen LogP contribution in [-0.4, -0.2) is 24.6 Å². The Hall–Kier alpha value is -2.18. The number of hydrazone groups is 1. The summed E-state index contributed by atoms with van der Waals surface area (Å²) in [6, 6.07) is 13.9. The lowest BCUT2D eigenvalue weighted by Gasteiger charge is -2.04. The van der Waals surface area contributed by atoms with Gasteiger partial charge in [0.2, 0.25) is 0 Å². The number of nitrogens with zero attached hydrogens (tertiary/aromatic N) is 1. The first-order chi connectivity index (χ1) is 11.0. The van der Waals surface area contributed by atoms with E-state index in [-0.39, 0.29) is 12.5 Å². The van der Waals surface area contributed by atoms with E-state index in [0.29, 0.717) is 10.6 Å². The molecule has 0 heterocycles. The third kappa shape index (κ3) is 5.84. The SMILES string of the molecule is O=C(CNC(=O)c1cccc(Cl)c1)N/N=C/c1cccc(Br)c1. The van der Waals surface area contributed by atoms with Crippen LogP contribution in [0.4, 0.5) is 0 Å². The van der Waals surface area contributed by atoms with Crippen molar-refractivity contribution in [3.63, 3.8) is 0 Å². The molecule has 0 aliphatic heterocycles. The van der Waals surface area contributed by atoms with Crippen LogP contribution in [-0.2, 0) is 4.79 Å². The van der Waals surface area contributed by atoms with Gasteiger partial charge in [-0.2, -0.15) is 5.10 Å². The average Bonchev–Trinajstić information content (AvgIpc) is 2.52. The Bertz CT molecular complexity index is 750. The monoisotopic (exact) mass is 393 g/mol. The topological polar surface area (TPSA) is 70.6 Å². The summed E-state index contributed by atoms with van der Waals surface area (Å²) in [5, 5.41) is 6.78. The highest BCUT2D eigenvalue weighted by atomic mass is 79.9. The van der Waals surface area contributed by atoms with Crippen molar-refractivity contribution in [2.75, 3.05) is 6.54 Å². The molecule has 118 valence electrons. The summed E-state index contributed by atoms with van der Waals surface area (Å²) in [5.74, 6) is -0.801. The van der Waals surface area contributed by atoms with Crippen LogP contribution in [0.5, 0.6) is 0 Å². The van der Waals surface area contributed by atoms with Crippen molar-refractivity contribution in [3.8, 4) is 0 Å². The molecule has 0 aliphatic rings. The quantitative estimate of drug-likeness (QED) is 0.604. The fraction of sp³-hybridized carbons (Fsp3) is 0.0625. The Morgan fingerprint density at radius 2 is 1.96 bits per heavy atom. The Morgan fingerprint density at radius 1 is 1.17 bits per heavy atom. The van der Waals surface area contributed by atoms with Crippen molar-refractivity contribution in [3.05, 3.63) is 69.2 Å². The number of carbonyl (C=O) groups is 2. The van der Waals surface area contributed by atoms with Gasteiger partial charge in [0, 0.05) is 15.1 Å². The number of nitrogens with one attached hydrogen (secondary N) is 2. The molecule has 0 saturated carbocycles. The highest BCUT2D eigenvalue weighted by Crippen LogP contribution is 2.10. The Kier molecular flexibility index (Phi) is 6.31. The van der Waals surface area contributed by atoms with E-state index < -0.39 is 5.91 Å². The van der Waals surface area contributed by atoms with Crippen LogP contribution in [0.3, 0.4) is 0 Å². The van der Waals surface area contributed by atoms with Gasteiger partial charge in [0.15, 0.2) is 0 Å². The van der Waals surface area contributed by atoms with Crippen molar-refractivity contribution in [1.29, 1.82) is 0 Å². The second-order valence-electron chi connectivity index (χ2n) is 4.54. The van der Waals surface area contributed by atoms with Crippen molar-refractivity contribution in [2.24, 2.45) is 5.10 Å². The van der Waals surface area contributed by atoms with Crippen LogP contribution >= 0.6 is 27.5 Å². The third-order valence-electron chi connectivity index (χ3n) is 2.75. The molecule has 0 saturated heterocycles. The van der Waals surface area contributed by atoms with Gasteiger partial charge in [-0.25, -0.2) is 5.43 Å². The summed E-state index contributed by atoms with van der Waals surface area (Å²) in [4.78, 5) is 23.5. The highest BCUT2D eigenvalue weighted by molar-refractivity contribution is 9.10. The fourth-order valence-electron chi connectivity index (χ4n) is 1.70. The molecular formula is C16H13BrClN3O2. The van der Waals surface area contributed by atoms with Gasteiger partial charge in [-0.05, 0) is 35.9 Å². The number of hydrogen-bond donors (Lipinski definition) is 2. The number of benzene rings is 2. The third-order valence-corrected chi connectivity index (χ3v) is 3.48. The van der Waals surface area contributed by atoms with Crippen LogP contribution in [0, 0.1) is 0 Å². The Morgan fingerprint density at radius 3 is 2.70 bits per heavy atom. The number of rotatable bonds is 5. The van der Waals surface area contributed by atoms with Crippen molar-refractivity contribution >= 4 is 45.6 Å². The van der Waals surface area contributed by atoms with Gasteiger partial charge in [-0.1, -0.05) is 45.7 Å². The number of carbonyl (C=O) groups excluding carboxylic acids is 2. The molecule has 0 aromatic heterocycles. The minimum absolute atomic E-state index is 0.179. The normalized spacial score (nSPS) is 10.5. The molecule has 2 rings (SSSR count). The van der Waals surface area contributed by atoms with Crippen molar-refractivity contribution in [1.82, 2.24) is 10.7 Å². The smallest absolute Gasteiger partial charge is 0.259 e. The van der Waals surface area contributed by atoms with Crippen LogP contribution in [0.25, 0.3) is 0 Å². The summed E-state index contributed by atoms with van der Waals surface area (Å²) >= 11 is 9.15. The predicted octanol–water partition coefficient (Wildman–Crippen LogP) is 2.98. The van der Waals surface area contributed by atoms with Crippen LogP contribution in [0.2, 0.25) is 5.02 Å². The van der Waals surface area contributed by atoms with Gasteiger partial charge in [0.1, 0.15) is 0 Å². The molecule has 2 aromatic carbocycles. The largest absolute Gasteiger partial charge is 0.343 e. The van der Waals surface area contributed by atoms with Gasteiger partial charge in [0.05, 0.1) is 12.8 Å². The Labute approximate surface area is 146 Å². The van der Waals surface area contributed by atoms with E-state index >= 15 is 0 Å². The fourth-order valence-corrected chi connectivity index (χ4v) is 2.30. The summed E-state index contributed by atoms with van der Waals surface area (Å²) in [7, 11) is 0. The first-order valence-electron chi connectivity index (χ1n) is 6.66. The molecule has 0 atom stereocenters.